The lowest BCUT2D eigenvalue weighted by Gasteiger charge is -2.12. The summed E-state index contributed by atoms with van der Waals surface area (Å²) in [6.07, 6.45) is 2.07. The zero-order valence-corrected chi connectivity index (χ0v) is 10.1. The predicted molar refractivity (Wildman–Crippen MR) is 65.4 cm³/mol. The number of nitrogens with zero attached hydrogens (tertiary/aromatic N) is 1. The van der Waals surface area contributed by atoms with Gasteiger partial charge in [0.05, 0.1) is 12.0 Å². The highest BCUT2D eigenvalue weighted by Crippen LogP contribution is 2.25. The van der Waals surface area contributed by atoms with E-state index >= 15 is 0 Å². The maximum atomic E-state index is 8.71. The molecule has 0 radical (unpaired) electrons. The van der Waals surface area contributed by atoms with Crippen molar-refractivity contribution in [3.63, 3.8) is 0 Å². The number of nitrogens with one attached hydrogen (secondary N) is 1. The first kappa shape index (κ1) is 11.4. The van der Waals surface area contributed by atoms with E-state index in [2.05, 4.69) is 17.5 Å². The van der Waals surface area contributed by atoms with Crippen molar-refractivity contribution in [2.24, 2.45) is 5.92 Å². The average molecular weight is 235 g/mol. The molecule has 0 amide bonds. The van der Waals surface area contributed by atoms with E-state index in [0.29, 0.717) is 6.04 Å². The van der Waals surface area contributed by atoms with E-state index in [4.69, 9.17) is 16.9 Å². The maximum absolute atomic E-state index is 8.71. The molecule has 0 saturated carbocycles. The Balaban J connectivity index is 1.93. The molecule has 0 saturated heterocycles. The smallest absolute Gasteiger partial charge is 0.0666 e. The zero-order valence-electron chi connectivity index (χ0n) is 9.33. The minimum Gasteiger partial charge on any atom is -0.312 e. The van der Waals surface area contributed by atoms with Crippen molar-refractivity contribution in [2.45, 2.75) is 25.8 Å². The standard InChI is InChI=1S/C13H15ClN2/c1-9(7-15)8-16-13-5-10-2-3-12(14)4-11(10)6-13/h2-4,9,13,16H,5-6,8H2,1H3. The van der Waals surface area contributed by atoms with Gasteiger partial charge >= 0.3 is 0 Å². The number of fused-ring (bicyclic) bond motifs is 1. The van der Waals surface area contributed by atoms with Gasteiger partial charge in [0.15, 0.2) is 0 Å². The molecule has 2 nitrogen and oxygen atoms in total. The van der Waals surface area contributed by atoms with Crippen LogP contribution in [0.2, 0.25) is 5.02 Å². The first-order valence-corrected chi connectivity index (χ1v) is 5.97. The third kappa shape index (κ3) is 2.55. The summed E-state index contributed by atoms with van der Waals surface area (Å²) in [7, 11) is 0. The van der Waals surface area contributed by atoms with Gasteiger partial charge in [-0.1, -0.05) is 17.7 Å². The molecule has 0 aliphatic heterocycles. The lowest BCUT2D eigenvalue weighted by atomic mass is 10.1. The van der Waals surface area contributed by atoms with E-state index in [0.717, 1.165) is 24.4 Å². The summed E-state index contributed by atoms with van der Waals surface area (Å²) in [5.41, 5.74) is 2.72. The van der Waals surface area contributed by atoms with Gasteiger partial charge in [-0.25, -0.2) is 0 Å². The molecular weight excluding hydrogens is 220 g/mol. The highest BCUT2D eigenvalue weighted by atomic mass is 35.5. The summed E-state index contributed by atoms with van der Waals surface area (Å²) in [4.78, 5) is 0. The lowest BCUT2D eigenvalue weighted by Crippen LogP contribution is -2.32. The number of halogens is 1. The first-order valence-electron chi connectivity index (χ1n) is 5.59. The number of benzene rings is 1. The molecule has 84 valence electrons. The topological polar surface area (TPSA) is 35.8 Å². The van der Waals surface area contributed by atoms with Crippen molar-refractivity contribution in [3.8, 4) is 6.07 Å². The Labute approximate surface area is 101 Å². The quantitative estimate of drug-likeness (QED) is 0.873. The van der Waals surface area contributed by atoms with Gasteiger partial charge in [0.2, 0.25) is 0 Å². The zero-order chi connectivity index (χ0) is 11.5. The molecule has 0 spiro atoms. The van der Waals surface area contributed by atoms with Crippen LogP contribution in [0, 0.1) is 17.2 Å². The van der Waals surface area contributed by atoms with Gasteiger partial charge in [0, 0.05) is 17.6 Å². The van der Waals surface area contributed by atoms with Crippen molar-refractivity contribution in [1.29, 1.82) is 5.26 Å². The molecule has 0 heterocycles. The molecule has 2 atom stereocenters. The lowest BCUT2D eigenvalue weighted by molar-refractivity contribution is 0.499. The normalized spacial score (nSPS) is 20.2. The Hall–Kier alpha value is -1.04. The molecule has 2 rings (SSSR count). The third-order valence-corrected chi connectivity index (χ3v) is 3.27. The second kappa shape index (κ2) is 4.86. The molecular formula is C13H15ClN2. The Morgan fingerprint density at radius 3 is 3.00 bits per heavy atom. The fourth-order valence-corrected chi connectivity index (χ4v) is 2.31. The summed E-state index contributed by atoms with van der Waals surface area (Å²) in [5, 5.41) is 13.0. The van der Waals surface area contributed by atoms with Crippen molar-refractivity contribution < 1.29 is 0 Å². The molecule has 1 N–H and O–H groups in total. The minimum absolute atomic E-state index is 0.0762. The number of rotatable bonds is 3. The van der Waals surface area contributed by atoms with Crippen molar-refractivity contribution >= 4 is 11.6 Å². The minimum atomic E-state index is 0.0762. The van der Waals surface area contributed by atoms with E-state index in [-0.39, 0.29) is 5.92 Å². The number of nitriles is 1. The van der Waals surface area contributed by atoms with Crippen LogP contribution in [0.1, 0.15) is 18.1 Å². The Kier molecular flexibility index (Phi) is 3.48. The van der Waals surface area contributed by atoms with E-state index in [1.165, 1.54) is 11.1 Å². The molecule has 2 unspecified atom stereocenters. The van der Waals surface area contributed by atoms with Gasteiger partial charge < -0.3 is 5.32 Å². The molecule has 0 aromatic heterocycles. The highest BCUT2D eigenvalue weighted by Gasteiger charge is 2.21. The summed E-state index contributed by atoms with van der Waals surface area (Å²) in [6, 6.07) is 8.80. The fourth-order valence-electron chi connectivity index (χ4n) is 2.12. The molecule has 1 aliphatic carbocycles. The molecule has 0 fully saturated rings. The van der Waals surface area contributed by atoms with E-state index in [1.807, 2.05) is 19.1 Å². The van der Waals surface area contributed by atoms with Crippen LogP contribution in [-0.4, -0.2) is 12.6 Å². The monoisotopic (exact) mass is 234 g/mol. The predicted octanol–water partition coefficient (Wildman–Crippen LogP) is 2.56. The van der Waals surface area contributed by atoms with Gasteiger partial charge in [0.1, 0.15) is 0 Å². The largest absolute Gasteiger partial charge is 0.312 e. The van der Waals surface area contributed by atoms with Crippen molar-refractivity contribution in [1.82, 2.24) is 5.32 Å². The molecule has 1 aromatic rings. The summed E-state index contributed by atoms with van der Waals surface area (Å²) >= 11 is 5.96. The summed E-state index contributed by atoms with van der Waals surface area (Å²) in [6.45, 7) is 2.70. The van der Waals surface area contributed by atoms with Gasteiger partial charge in [-0.2, -0.15) is 5.26 Å². The van der Waals surface area contributed by atoms with E-state index in [1.54, 1.807) is 0 Å². The first-order chi connectivity index (χ1) is 7.69. The molecule has 16 heavy (non-hydrogen) atoms. The third-order valence-electron chi connectivity index (χ3n) is 3.03. The highest BCUT2D eigenvalue weighted by molar-refractivity contribution is 6.30. The van der Waals surface area contributed by atoms with Crippen LogP contribution >= 0.6 is 11.6 Å². The SMILES string of the molecule is CC(C#N)CNC1Cc2ccc(Cl)cc2C1. The second-order valence-corrected chi connectivity index (χ2v) is 4.89. The van der Waals surface area contributed by atoms with Crippen LogP contribution in [0.3, 0.4) is 0 Å². The molecule has 1 aromatic carbocycles. The van der Waals surface area contributed by atoms with E-state index in [9.17, 15) is 0 Å². The maximum Gasteiger partial charge on any atom is 0.0666 e. The van der Waals surface area contributed by atoms with Crippen molar-refractivity contribution in [2.75, 3.05) is 6.54 Å². The Bertz CT molecular complexity index is 422. The second-order valence-electron chi connectivity index (χ2n) is 4.46. The van der Waals surface area contributed by atoms with Crippen LogP contribution in [0.4, 0.5) is 0 Å². The fraction of sp³-hybridized carbons (Fsp3) is 0.462. The summed E-state index contributed by atoms with van der Waals surface area (Å²) in [5.74, 6) is 0.0762. The average Bonchev–Trinajstić information content (AvgIpc) is 2.67. The summed E-state index contributed by atoms with van der Waals surface area (Å²) < 4.78 is 0. The molecule has 3 heteroatoms. The van der Waals surface area contributed by atoms with E-state index < -0.39 is 0 Å². The Morgan fingerprint density at radius 2 is 2.25 bits per heavy atom. The number of hydrogen-bond acceptors (Lipinski definition) is 2. The Morgan fingerprint density at radius 1 is 1.50 bits per heavy atom. The molecule has 1 aliphatic rings. The van der Waals surface area contributed by atoms with Crippen LogP contribution in [-0.2, 0) is 12.8 Å². The van der Waals surface area contributed by atoms with Crippen LogP contribution in [0.15, 0.2) is 18.2 Å². The van der Waals surface area contributed by atoms with Gasteiger partial charge in [0.25, 0.3) is 0 Å². The van der Waals surface area contributed by atoms with Gasteiger partial charge in [-0.15, -0.1) is 0 Å². The molecule has 0 bridgehead atoms. The van der Waals surface area contributed by atoms with Crippen LogP contribution in [0.5, 0.6) is 0 Å². The van der Waals surface area contributed by atoms with Gasteiger partial charge in [-0.3, -0.25) is 0 Å². The van der Waals surface area contributed by atoms with Crippen LogP contribution in [0.25, 0.3) is 0 Å². The van der Waals surface area contributed by atoms with Crippen molar-refractivity contribution in [3.05, 3.63) is 34.3 Å². The van der Waals surface area contributed by atoms with Gasteiger partial charge in [-0.05, 0) is 43.0 Å². The number of hydrogen-bond donors (Lipinski definition) is 1. The van der Waals surface area contributed by atoms with Crippen LogP contribution < -0.4 is 5.32 Å².